The molecule has 0 atom stereocenters. The number of carbonyl (C=O) groups excluding carboxylic acids is 1. The lowest BCUT2D eigenvalue weighted by molar-refractivity contribution is 0.0781. The molecular weight excluding hydrogens is 212 g/mol. The van der Waals surface area contributed by atoms with Crippen molar-refractivity contribution in [1.29, 1.82) is 0 Å². The smallest absolute Gasteiger partial charge is 0.253 e. The molecule has 0 N–H and O–H groups in total. The zero-order chi connectivity index (χ0) is 11.8. The maximum absolute atomic E-state index is 12.1. The van der Waals surface area contributed by atoms with Gasteiger partial charge in [0.15, 0.2) is 0 Å². The highest BCUT2D eigenvalue weighted by Crippen LogP contribution is 2.30. The van der Waals surface area contributed by atoms with E-state index in [0.717, 1.165) is 31.6 Å². The monoisotopic (exact) mass is 230 g/mol. The van der Waals surface area contributed by atoms with Gasteiger partial charge in [-0.3, -0.25) is 4.79 Å². The minimum absolute atomic E-state index is 0.173. The van der Waals surface area contributed by atoms with Crippen LogP contribution < -0.4 is 4.90 Å². The van der Waals surface area contributed by atoms with Crippen LogP contribution in [-0.2, 0) is 6.42 Å². The highest BCUT2D eigenvalue weighted by atomic mass is 16.2. The van der Waals surface area contributed by atoms with Crippen molar-refractivity contribution in [2.45, 2.75) is 19.3 Å². The molecule has 2 aliphatic heterocycles. The Labute approximate surface area is 102 Å². The molecule has 3 rings (SSSR count). The molecule has 2 heterocycles. The molecule has 3 heteroatoms. The number of nitrogens with zero attached hydrogens (tertiary/aromatic N) is 2. The molecule has 0 unspecified atom stereocenters. The van der Waals surface area contributed by atoms with Crippen molar-refractivity contribution < 1.29 is 4.79 Å². The lowest BCUT2D eigenvalue weighted by atomic mass is 9.97. The van der Waals surface area contributed by atoms with Crippen molar-refractivity contribution in [2.75, 3.05) is 31.6 Å². The molecule has 1 aromatic rings. The third-order valence-electron chi connectivity index (χ3n) is 3.87. The number of amides is 1. The number of hydrogen-bond donors (Lipinski definition) is 0. The second-order valence-corrected chi connectivity index (χ2v) is 4.97. The first-order valence-electron chi connectivity index (χ1n) is 6.39. The maximum Gasteiger partial charge on any atom is 0.253 e. The number of hydrogen-bond acceptors (Lipinski definition) is 2. The molecule has 0 spiro atoms. The Bertz CT molecular complexity index is 450. The summed E-state index contributed by atoms with van der Waals surface area (Å²) in [5, 5.41) is 0. The molecule has 0 radical (unpaired) electrons. The van der Waals surface area contributed by atoms with Crippen LogP contribution in [0.15, 0.2) is 18.2 Å². The molecule has 1 aromatic carbocycles. The van der Waals surface area contributed by atoms with Gasteiger partial charge < -0.3 is 9.80 Å². The van der Waals surface area contributed by atoms with E-state index in [1.165, 1.54) is 24.1 Å². The summed E-state index contributed by atoms with van der Waals surface area (Å²) >= 11 is 0. The van der Waals surface area contributed by atoms with Crippen LogP contribution in [0.2, 0.25) is 0 Å². The summed E-state index contributed by atoms with van der Waals surface area (Å²) in [6, 6.07) is 6.15. The maximum atomic E-state index is 12.1. The van der Waals surface area contributed by atoms with Crippen molar-refractivity contribution in [2.24, 2.45) is 0 Å². The quantitative estimate of drug-likeness (QED) is 0.736. The molecule has 1 amide bonds. The van der Waals surface area contributed by atoms with E-state index in [-0.39, 0.29) is 5.91 Å². The number of rotatable bonds is 1. The third-order valence-corrected chi connectivity index (χ3v) is 3.87. The van der Waals surface area contributed by atoms with E-state index in [1.807, 2.05) is 24.1 Å². The van der Waals surface area contributed by atoms with Crippen molar-refractivity contribution in [3.8, 4) is 0 Å². The highest BCUT2D eigenvalue weighted by Gasteiger charge is 2.25. The van der Waals surface area contributed by atoms with Gasteiger partial charge in [0.1, 0.15) is 0 Å². The fraction of sp³-hybridized carbons (Fsp3) is 0.500. The van der Waals surface area contributed by atoms with Crippen molar-refractivity contribution in [3.63, 3.8) is 0 Å². The summed E-state index contributed by atoms with van der Waals surface area (Å²) in [5.41, 5.74) is 3.46. The first-order chi connectivity index (χ1) is 8.27. The van der Waals surface area contributed by atoms with Gasteiger partial charge in [0.05, 0.1) is 0 Å². The van der Waals surface area contributed by atoms with E-state index in [0.29, 0.717) is 0 Å². The van der Waals surface area contributed by atoms with Gasteiger partial charge >= 0.3 is 0 Å². The highest BCUT2D eigenvalue weighted by molar-refractivity contribution is 5.98. The summed E-state index contributed by atoms with van der Waals surface area (Å²) in [6.07, 6.45) is 3.54. The second-order valence-electron chi connectivity index (χ2n) is 4.97. The number of fused-ring (bicyclic) bond motifs is 1. The van der Waals surface area contributed by atoms with Crippen LogP contribution in [0.4, 0.5) is 5.69 Å². The standard InChI is InChI=1S/C14H18N2O/c1-15-10-7-11-12(14(15)17)5-4-6-13(11)16-8-2-3-9-16/h4-6H,2-3,7-10H2,1H3. The van der Waals surface area contributed by atoms with Gasteiger partial charge in [0, 0.05) is 37.9 Å². The van der Waals surface area contributed by atoms with E-state index in [2.05, 4.69) is 11.0 Å². The van der Waals surface area contributed by atoms with E-state index < -0.39 is 0 Å². The zero-order valence-corrected chi connectivity index (χ0v) is 10.3. The largest absolute Gasteiger partial charge is 0.371 e. The van der Waals surface area contributed by atoms with Crippen LogP contribution in [0.5, 0.6) is 0 Å². The Balaban J connectivity index is 2.04. The molecule has 1 fully saturated rings. The van der Waals surface area contributed by atoms with Gasteiger partial charge in [-0.2, -0.15) is 0 Å². The molecule has 3 nitrogen and oxygen atoms in total. The molecule has 0 saturated carbocycles. The summed E-state index contributed by atoms with van der Waals surface area (Å²) in [6.45, 7) is 3.12. The molecule has 1 saturated heterocycles. The van der Waals surface area contributed by atoms with Gasteiger partial charge in [-0.15, -0.1) is 0 Å². The minimum Gasteiger partial charge on any atom is -0.371 e. The first-order valence-corrected chi connectivity index (χ1v) is 6.39. The lowest BCUT2D eigenvalue weighted by Gasteiger charge is -2.29. The predicted molar refractivity (Wildman–Crippen MR) is 68.6 cm³/mol. The summed E-state index contributed by atoms with van der Waals surface area (Å²) in [4.78, 5) is 16.3. The van der Waals surface area contributed by atoms with E-state index >= 15 is 0 Å². The van der Waals surface area contributed by atoms with Crippen LogP contribution >= 0.6 is 0 Å². The van der Waals surface area contributed by atoms with Crippen LogP contribution in [0, 0.1) is 0 Å². The fourth-order valence-electron chi connectivity index (χ4n) is 2.88. The van der Waals surface area contributed by atoms with E-state index in [9.17, 15) is 4.79 Å². The number of benzene rings is 1. The molecule has 0 bridgehead atoms. The lowest BCUT2D eigenvalue weighted by Crippen LogP contribution is -2.35. The normalized spacial score (nSPS) is 19.7. The number of carbonyl (C=O) groups is 1. The first kappa shape index (κ1) is 10.6. The molecular formula is C14H18N2O. The van der Waals surface area contributed by atoms with Gasteiger partial charge in [0.2, 0.25) is 0 Å². The molecule has 0 aliphatic carbocycles. The van der Waals surface area contributed by atoms with Gasteiger partial charge in [0.25, 0.3) is 5.91 Å². The molecule has 17 heavy (non-hydrogen) atoms. The Morgan fingerprint density at radius 3 is 2.65 bits per heavy atom. The van der Waals surface area contributed by atoms with E-state index in [1.54, 1.807) is 0 Å². The van der Waals surface area contributed by atoms with Crippen LogP contribution in [-0.4, -0.2) is 37.5 Å². The molecule has 2 aliphatic rings. The zero-order valence-electron chi connectivity index (χ0n) is 10.3. The molecule has 0 aromatic heterocycles. The van der Waals surface area contributed by atoms with Gasteiger partial charge in [-0.1, -0.05) is 6.07 Å². The van der Waals surface area contributed by atoms with E-state index in [4.69, 9.17) is 0 Å². The Morgan fingerprint density at radius 1 is 1.12 bits per heavy atom. The second kappa shape index (κ2) is 4.06. The topological polar surface area (TPSA) is 23.6 Å². The van der Waals surface area contributed by atoms with Crippen molar-refractivity contribution >= 4 is 11.6 Å². The Morgan fingerprint density at radius 2 is 1.88 bits per heavy atom. The average molecular weight is 230 g/mol. The van der Waals surface area contributed by atoms with Crippen molar-refractivity contribution in [1.82, 2.24) is 4.90 Å². The number of anilines is 1. The SMILES string of the molecule is CN1CCc2c(cccc2N2CCCC2)C1=O. The third kappa shape index (κ3) is 1.70. The van der Waals surface area contributed by atoms with Crippen LogP contribution in [0.25, 0.3) is 0 Å². The summed E-state index contributed by atoms with van der Waals surface area (Å²) < 4.78 is 0. The van der Waals surface area contributed by atoms with Crippen LogP contribution in [0.1, 0.15) is 28.8 Å². The summed E-state index contributed by atoms with van der Waals surface area (Å²) in [7, 11) is 1.88. The van der Waals surface area contributed by atoms with Gasteiger partial charge in [-0.05, 0) is 37.0 Å². The average Bonchev–Trinajstić information content (AvgIpc) is 2.87. The predicted octanol–water partition coefficient (Wildman–Crippen LogP) is 1.91. The fourth-order valence-corrected chi connectivity index (χ4v) is 2.88. The number of likely N-dealkylation sites (N-methyl/N-ethyl adjacent to an activating group) is 1. The Kier molecular flexibility index (Phi) is 2.54. The Hall–Kier alpha value is -1.51. The molecule has 90 valence electrons. The van der Waals surface area contributed by atoms with Crippen LogP contribution in [0.3, 0.4) is 0 Å². The summed E-state index contributed by atoms with van der Waals surface area (Å²) in [5.74, 6) is 0.173. The van der Waals surface area contributed by atoms with Crippen molar-refractivity contribution in [3.05, 3.63) is 29.3 Å². The van der Waals surface area contributed by atoms with Gasteiger partial charge in [-0.25, -0.2) is 0 Å². The minimum atomic E-state index is 0.173.